The van der Waals surface area contributed by atoms with Crippen LogP contribution in [0.3, 0.4) is 0 Å². The van der Waals surface area contributed by atoms with Gasteiger partial charge in [-0.05, 0) is 41.1 Å². The monoisotopic (exact) mass is 479 g/mol. The second kappa shape index (κ2) is 11.3. The molecule has 9 heteroatoms. The summed E-state index contributed by atoms with van der Waals surface area (Å²) < 4.78 is 11.5. The zero-order valence-corrected chi connectivity index (χ0v) is 18.0. The highest BCUT2D eigenvalue weighted by Gasteiger charge is 2.14. The Bertz CT molecular complexity index is 930. The molecular weight excluding hydrogens is 462 g/mol. The molecule has 0 spiro atoms. The van der Waals surface area contributed by atoms with E-state index < -0.39 is 0 Å². The zero-order valence-electron chi connectivity index (χ0n) is 15.6. The summed E-state index contributed by atoms with van der Waals surface area (Å²) >= 11 is 9.29. The fourth-order valence-electron chi connectivity index (χ4n) is 2.34. The van der Waals surface area contributed by atoms with E-state index in [4.69, 9.17) is 26.3 Å². The van der Waals surface area contributed by atoms with Gasteiger partial charge in [-0.3, -0.25) is 9.59 Å². The fraction of sp³-hybridized carbons (Fsp3) is 0.250. The number of halogens is 2. The molecule has 2 aromatic rings. The average Bonchev–Trinajstić information content (AvgIpc) is 2.70. The van der Waals surface area contributed by atoms with E-state index in [9.17, 15) is 9.59 Å². The molecule has 2 aromatic carbocycles. The summed E-state index contributed by atoms with van der Waals surface area (Å²) in [7, 11) is 0. The number of amides is 2. The molecule has 0 heterocycles. The van der Waals surface area contributed by atoms with Crippen molar-refractivity contribution in [2.45, 2.75) is 6.92 Å². The molecule has 29 heavy (non-hydrogen) atoms. The van der Waals surface area contributed by atoms with Gasteiger partial charge in [0.2, 0.25) is 0 Å². The third kappa shape index (κ3) is 6.66. The van der Waals surface area contributed by atoms with Gasteiger partial charge in [-0.25, -0.2) is 0 Å². The molecule has 0 bridgehead atoms. The van der Waals surface area contributed by atoms with Crippen LogP contribution in [0, 0.1) is 11.3 Å². The summed E-state index contributed by atoms with van der Waals surface area (Å²) in [5.74, 6) is 0.0333. The van der Waals surface area contributed by atoms with Gasteiger partial charge in [-0.1, -0.05) is 23.7 Å². The molecule has 0 atom stereocenters. The van der Waals surface area contributed by atoms with E-state index in [1.807, 2.05) is 6.07 Å². The van der Waals surface area contributed by atoms with Crippen LogP contribution < -0.4 is 20.1 Å². The highest BCUT2D eigenvalue weighted by atomic mass is 79.9. The van der Waals surface area contributed by atoms with E-state index in [-0.39, 0.29) is 31.5 Å². The Morgan fingerprint density at radius 3 is 2.59 bits per heavy atom. The third-order valence-electron chi connectivity index (χ3n) is 3.64. The van der Waals surface area contributed by atoms with E-state index in [0.29, 0.717) is 38.7 Å². The normalized spacial score (nSPS) is 10.0. The SMILES string of the molecule is CCOc1cc(C#N)cc(Br)c1OCC(=O)NCCNC(=O)c1ccccc1Cl. The molecule has 0 aliphatic carbocycles. The molecule has 152 valence electrons. The molecule has 0 saturated carbocycles. The first-order valence-electron chi connectivity index (χ1n) is 8.75. The summed E-state index contributed by atoms with van der Waals surface area (Å²) in [6, 6.07) is 11.9. The first kappa shape index (κ1) is 22.5. The smallest absolute Gasteiger partial charge is 0.258 e. The number of rotatable bonds is 9. The molecule has 0 aliphatic heterocycles. The van der Waals surface area contributed by atoms with Crippen LogP contribution in [0.4, 0.5) is 0 Å². The maximum absolute atomic E-state index is 12.0. The minimum atomic E-state index is -0.365. The molecule has 2 amide bonds. The summed E-state index contributed by atoms with van der Waals surface area (Å²) in [4.78, 5) is 24.0. The predicted octanol–water partition coefficient (Wildman–Crippen LogP) is 3.30. The van der Waals surface area contributed by atoms with Crippen molar-refractivity contribution >= 4 is 39.3 Å². The van der Waals surface area contributed by atoms with E-state index in [1.165, 1.54) is 0 Å². The Labute approximate surface area is 182 Å². The summed E-state index contributed by atoms with van der Waals surface area (Å²) in [6.07, 6.45) is 0. The van der Waals surface area contributed by atoms with Crippen LogP contribution in [-0.2, 0) is 4.79 Å². The predicted molar refractivity (Wildman–Crippen MR) is 112 cm³/mol. The molecule has 0 aromatic heterocycles. The standard InChI is InChI=1S/C20H19BrClN3O4/c1-2-28-17-10-13(11-23)9-15(21)19(17)29-12-18(26)24-7-8-25-20(27)14-5-3-4-6-16(14)22/h3-6,9-10H,2,7-8,12H2,1H3,(H,24,26)(H,25,27). The van der Waals surface area contributed by atoms with Crippen LogP contribution in [0.1, 0.15) is 22.8 Å². The van der Waals surface area contributed by atoms with E-state index in [2.05, 4.69) is 26.6 Å². The quantitative estimate of drug-likeness (QED) is 0.536. The number of nitrogens with zero attached hydrogens (tertiary/aromatic N) is 1. The summed E-state index contributed by atoms with van der Waals surface area (Å²) in [5, 5.41) is 14.7. The number of nitrogens with one attached hydrogen (secondary N) is 2. The molecule has 0 radical (unpaired) electrons. The van der Waals surface area contributed by atoms with Gasteiger partial charge in [0.25, 0.3) is 11.8 Å². The van der Waals surface area contributed by atoms with Gasteiger partial charge >= 0.3 is 0 Å². The molecule has 0 saturated heterocycles. The van der Waals surface area contributed by atoms with Gasteiger partial charge in [0.1, 0.15) is 0 Å². The minimum absolute atomic E-state index is 0.227. The Morgan fingerprint density at radius 1 is 1.17 bits per heavy atom. The minimum Gasteiger partial charge on any atom is -0.490 e. The average molecular weight is 481 g/mol. The number of ether oxygens (including phenoxy) is 2. The van der Waals surface area contributed by atoms with Crippen molar-refractivity contribution in [3.63, 3.8) is 0 Å². The summed E-state index contributed by atoms with van der Waals surface area (Å²) in [6.45, 7) is 2.41. The first-order valence-corrected chi connectivity index (χ1v) is 9.92. The van der Waals surface area contributed by atoms with E-state index >= 15 is 0 Å². The lowest BCUT2D eigenvalue weighted by Gasteiger charge is -2.14. The molecular formula is C20H19BrClN3O4. The van der Waals surface area contributed by atoms with Gasteiger partial charge in [-0.2, -0.15) is 5.26 Å². The van der Waals surface area contributed by atoms with Gasteiger partial charge in [0.05, 0.1) is 33.3 Å². The number of hydrogen-bond donors (Lipinski definition) is 2. The van der Waals surface area contributed by atoms with Crippen LogP contribution in [0.15, 0.2) is 40.9 Å². The van der Waals surface area contributed by atoms with Crippen molar-refractivity contribution in [2.24, 2.45) is 0 Å². The lowest BCUT2D eigenvalue weighted by molar-refractivity contribution is -0.123. The van der Waals surface area contributed by atoms with E-state index in [0.717, 1.165) is 0 Å². The molecule has 2 rings (SSSR count). The third-order valence-corrected chi connectivity index (χ3v) is 4.56. The lowest BCUT2D eigenvalue weighted by atomic mass is 10.2. The Morgan fingerprint density at radius 2 is 1.90 bits per heavy atom. The lowest BCUT2D eigenvalue weighted by Crippen LogP contribution is -2.36. The van der Waals surface area contributed by atoms with Crippen LogP contribution in [0.25, 0.3) is 0 Å². The first-order chi connectivity index (χ1) is 14.0. The number of carbonyl (C=O) groups is 2. The van der Waals surface area contributed by atoms with E-state index in [1.54, 1.807) is 43.3 Å². The Kier molecular flexibility index (Phi) is 8.77. The molecule has 0 fully saturated rings. The number of benzene rings is 2. The van der Waals surface area contributed by atoms with Gasteiger partial charge in [-0.15, -0.1) is 0 Å². The molecule has 7 nitrogen and oxygen atoms in total. The van der Waals surface area contributed by atoms with Crippen molar-refractivity contribution in [1.29, 1.82) is 5.26 Å². The Hall–Kier alpha value is -2.76. The maximum Gasteiger partial charge on any atom is 0.258 e. The maximum atomic E-state index is 12.0. The van der Waals surface area contributed by atoms with Crippen LogP contribution in [0.5, 0.6) is 11.5 Å². The topological polar surface area (TPSA) is 100 Å². The highest BCUT2D eigenvalue weighted by Crippen LogP contribution is 2.36. The highest BCUT2D eigenvalue weighted by molar-refractivity contribution is 9.10. The second-order valence-electron chi connectivity index (χ2n) is 5.70. The van der Waals surface area contributed by atoms with Gasteiger partial charge < -0.3 is 20.1 Å². The number of carbonyl (C=O) groups excluding carboxylic acids is 2. The zero-order chi connectivity index (χ0) is 21.2. The molecule has 2 N–H and O–H groups in total. The summed E-state index contributed by atoms with van der Waals surface area (Å²) in [5.41, 5.74) is 0.782. The van der Waals surface area contributed by atoms with Crippen molar-refractivity contribution in [3.05, 3.63) is 57.0 Å². The van der Waals surface area contributed by atoms with Gasteiger partial charge in [0, 0.05) is 19.2 Å². The van der Waals surface area contributed by atoms with Crippen molar-refractivity contribution in [2.75, 3.05) is 26.3 Å². The second-order valence-corrected chi connectivity index (χ2v) is 6.97. The Balaban J connectivity index is 1.81. The molecule has 0 unspecified atom stereocenters. The van der Waals surface area contributed by atoms with Gasteiger partial charge in [0.15, 0.2) is 18.1 Å². The van der Waals surface area contributed by atoms with Crippen molar-refractivity contribution in [3.8, 4) is 17.6 Å². The van der Waals surface area contributed by atoms with Crippen LogP contribution in [-0.4, -0.2) is 38.1 Å². The van der Waals surface area contributed by atoms with Crippen LogP contribution >= 0.6 is 27.5 Å². The van der Waals surface area contributed by atoms with Crippen molar-refractivity contribution in [1.82, 2.24) is 10.6 Å². The van der Waals surface area contributed by atoms with Crippen LogP contribution in [0.2, 0.25) is 5.02 Å². The largest absolute Gasteiger partial charge is 0.490 e. The van der Waals surface area contributed by atoms with Crippen molar-refractivity contribution < 1.29 is 19.1 Å². The number of nitriles is 1. The number of hydrogen-bond acceptors (Lipinski definition) is 5. The molecule has 0 aliphatic rings. The fourth-order valence-corrected chi connectivity index (χ4v) is 3.12.